The Balaban J connectivity index is 2.42. The Morgan fingerprint density at radius 1 is 1.43 bits per heavy atom. The Hall–Kier alpha value is -1.60. The summed E-state index contributed by atoms with van der Waals surface area (Å²) in [7, 11) is 0. The summed E-state index contributed by atoms with van der Waals surface area (Å²) in [5.74, 6) is 0. The highest BCUT2D eigenvalue weighted by Gasteiger charge is 2.04. The van der Waals surface area contributed by atoms with Crippen LogP contribution in [-0.4, -0.2) is 15.0 Å². The lowest BCUT2D eigenvalue weighted by Crippen LogP contribution is -2.00. The van der Waals surface area contributed by atoms with Crippen LogP contribution in [0.15, 0.2) is 18.2 Å². The maximum atomic E-state index is 8.41. The van der Waals surface area contributed by atoms with Crippen LogP contribution in [0.2, 0.25) is 5.02 Å². The van der Waals surface area contributed by atoms with Crippen molar-refractivity contribution in [3.05, 3.63) is 23.2 Å². The molecular weight excluding hydrogens is 200 g/mol. The number of nitriles is 1. The molecule has 5 heteroatoms. The van der Waals surface area contributed by atoms with Crippen molar-refractivity contribution in [1.29, 1.82) is 5.26 Å². The van der Waals surface area contributed by atoms with Crippen LogP contribution in [0.4, 0.5) is 0 Å². The highest BCUT2D eigenvalue weighted by molar-refractivity contribution is 6.34. The van der Waals surface area contributed by atoms with Gasteiger partial charge in [-0.25, -0.2) is 0 Å². The van der Waals surface area contributed by atoms with Gasteiger partial charge in [0.05, 0.1) is 24.1 Å². The first-order valence-corrected chi connectivity index (χ1v) is 4.55. The average molecular weight is 207 g/mol. The highest BCUT2D eigenvalue weighted by Crippen LogP contribution is 2.19. The number of rotatable bonds is 2. The molecule has 0 atom stereocenters. The van der Waals surface area contributed by atoms with Gasteiger partial charge in [0.1, 0.15) is 11.0 Å². The predicted octanol–water partition coefficient (Wildman–Crippen LogP) is 2.00. The van der Waals surface area contributed by atoms with E-state index in [1.165, 1.54) is 4.80 Å². The number of fused-ring (bicyclic) bond motifs is 1. The molecule has 0 N–H and O–H groups in total. The first-order chi connectivity index (χ1) is 6.81. The molecule has 0 unspecified atom stereocenters. The number of hydrogen-bond acceptors (Lipinski definition) is 3. The molecule has 0 spiro atoms. The van der Waals surface area contributed by atoms with E-state index in [0.29, 0.717) is 23.5 Å². The number of aryl methyl sites for hydroxylation is 1. The van der Waals surface area contributed by atoms with Crippen LogP contribution in [0.25, 0.3) is 11.0 Å². The molecule has 4 nitrogen and oxygen atoms in total. The minimum Gasteiger partial charge on any atom is -0.198 e. The minimum absolute atomic E-state index is 0.401. The van der Waals surface area contributed by atoms with Gasteiger partial charge in [-0.15, -0.1) is 0 Å². The summed E-state index contributed by atoms with van der Waals surface area (Å²) in [6.07, 6.45) is 0.401. The maximum Gasteiger partial charge on any atom is 0.131 e. The largest absolute Gasteiger partial charge is 0.198 e. The van der Waals surface area contributed by atoms with E-state index >= 15 is 0 Å². The zero-order valence-corrected chi connectivity index (χ0v) is 8.07. The Labute approximate surface area is 85.7 Å². The molecule has 0 aliphatic rings. The first kappa shape index (κ1) is 8.97. The number of benzene rings is 1. The second-order valence-corrected chi connectivity index (χ2v) is 3.22. The van der Waals surface area contributed by atoms with Gasteiger partial charge in [0, 0.05) is 0 Å². The first-order valence-electron chi connectivity index (χ1n) is 4.17. The normalized spacial score (nSPS) is 10.3. The third kappa shape index (κ3) is 1.54. The molecule has 0 fully saturated rings. The molecule has 1 aromatic heterocycles. The molecule has 0 aliphatic heterocycles. The molecule has 0 bridgehead atoms. The molecule has 14 heavy (non-hydrogen) atoms. The van der Waals surface area contributed by atoms with Crippen LogP contribution in [0, 0.1) is 11.3 Å². The molecule has 70 valence electrons. The molecule has 1 aromatic carbocycles. The van der Waals surface area contributed by atoms with Gasteiger partial charge in [-0.05, 0) is 12.1 Å². The van der Waals surface area contributed by atoms with E-state index in [9.17, 15) is 0 Å². The van der Waals surface area contributed by atoms with Crippen molar-refractivity contribution in [3.8, 4) is 6.07 Å². The Bertz CT molecular complexity index is 497. The van der Waals surface area contributed by atoms with E-state index in [2.05, 4.69) is 10.2 Å². The molecule has 0 aliphatic carbocycles. The van der Waals surface area contributed by atoms with Gasteiger partial charge in [-0.1, -0.05) is 17.7 Å². The van der Waals surface area contributed by atoms with Crippen LogP contribution >= 0.6 is 11.6 Å². The van der Waals surface area contributed by atoms with Crippen molar-refractivity contribution >= 4 is 22.6 Å². The van der Waals surface area contributed by atoms with Crippen molar-refractivity contribution in [1.82, 2.24) is 15.0 Å². The van der Waals surface area contributed by atoms with Gasteiger partial charge in [0.15, 0.2) is 0 Å². The van der Waals surface area contributed by atoms with Gasteiger partial charge >= 0.3 is 0 Å². The predicted molar refractivity (Wildman–Crippen MR) is 52.8 cm³/mol. The van der Waals surface area contributed by atoms with Crippen LogP contribution in [-0.2, 0) is 6.54 Å². The SMILES string of the molecule is N#CCCn1nc2cccc(Cl)c2n1. The molecule has 0 saturated carbocycles. The fraction of sp³-hybridized carbons (Fsp3) is 0.222. The molecular formula is C9H7ClN4. The number of nitrogens with zero attached hydrogens (tertiary/aromatic N) is 4. The zero-order chi connectivity index (χ0) is 9.97. The van der Waals surface area contributed by atoms with Crippen LogP contribution in [0.3, 0.4) is 0 Å². The molecule has 0 radical (unpaired) electrons. The molecule has 0 saturated heterocycles. The molecule has 2 rings (SSSR count). The Morgan fingerprint density at radius 2 is 2.29 bits per heavy atom. The van der Waals surface area contributed by atoms with Crippen molar-refractivity contribution in [2.24, 2.45) is 0 Å². The van der Waals surface area contributed by atoms with Gasteiger partial charge in [-0.2, -0.15) is 20.3 Å². The smallest absolute Gasteiger partial charge is 0.131 e. The second kappa shape index (κ2) is 3.64. The Morgan fingerprint density at radius 3 is 3.00 bits per heavy atom. The fourth-order valence-corrected chi connectivity index (χ4v) is 1.40. The van der Waals surface area contributed by atoms with Gasteiger partial charge in [-0.3, -0.25) is 0 Å². The number of hydrogen-bond donors (Lipinski definition) is 0. The summed E-state index contributed by atoms with van der Waals surface area (Å²) in [5.41, 5.74) is 1.45. The summed E-state index contributed by atoms with van der Waals surface area (Å²) >= 11 is 5.92. The van der Waals surface area contributed by atoms with E-state index in [0.717, 1.165) is 5.52 Å². The van der Waals surface area contributed by atoms with Crippen LogP contribution in [0.1, 0.15) is 6.42 Å². The summed E-state index contributed by atoms with van der Waals surface area (Å²) in [6, 6.07) is 7.48. The molecule has 1 heterocycles. The van der Waals surface area contributed by atoms with Crippen molar-refractivity contribution in [2.75, 3.05) is 0 Å². The lowest BCUT2D eigenvalue weighted by molar-refractivity contribution is 0.554. The number of halogens is 1. The third-order valence-electron chi connectivity index (χ3n) is 1.83. The van der Waals surface area contributed by atoms with E-state index in [1.807, 2.05) is 18.2 Å². The second-order valence-electron chi connectivity index (χ2n) is 2.81. The lowest BCUT2D eigenvalue weighted by atomic mass is 10.3. The maximum absolute atomic E-state index is 8.41. The van der Waals surface area contributed by atoms with E-state index < -0.39 is 0 Å². The lowest BCUT2D eigenvalue weighted by Gasteiger charge is -1.90. The summed E-state index contributed by atoms with van der Waals surface area (Å²) in [5, 5.41) is 17.4. The van der Waals surface area contributed by atoms with E-state index in [1.54, 1.807) is 6.07 Å². The zero-order valence-electron chi connectivity index (χ0n) is 7.31. The van der Waals surface area contributed by atoms with Crippen molar-refractivity contribution in [2.45, 2.75) is 13.0 Å². The number of aromatic nitrogens is 3. The van der Waals surface area contributed by atoms with Crippen molar-refractivity contribution < 1.29 is 0 Å². The topological polar surface area (TPSA) is 54.5 Å². The Kier molecular flexibility index (Phi) is 2.33. The molecule has 0 amide bonds. The monoisotopic (exact) mass is 206 g/mol. The van der Waals surface area contributed by atoms with E-state index in [-0.39, 0.29) is 0 Å². The highest BCUT2D eigenvalue weighted by atomic mass is 35.5. The molecule has 2 aromatic rings. The summed E-state index contributed by atoms with van der Waals surface area (Å²) < 4.78 is 0. The third-order valence-corrected chi connectivity index (χ3v) is 2.13. The van der Waals surface area contributed by atoms with Crippen molar-refractivity contribution in [3.63, 3.8) is 0 Å². The standard InChI is InChI=1S/C9H7ClN4/c10-7-3-1-4-8-9(7)13-14(12-8)6-2-5-11/h1,3-4H,2,6H2. The summed E-state index contributed by atoms with van der Waals surface area (Å²) in [4.78, 5) is 1.50. The van der Waals surface area contributed by atoms with Crippen LogP contribution < -0.4 is 0 Å². The van der Waals surface area contributed by atoms with E-state index in [4.69, 9.17) is 16.9 Å². The fourth-order valence-electron chi connectivity index (χ4n) is 1.20. The summed E-state index contributed by atoms with van der Waals surface area (Å²) in [6.45, 7) is 0.501. The van der Waals surface area contributed by atoms with Crippen LogP contribution in [0.5, 0.6) is 0 Å². The van der Waals surface area contributed by atoms with Gasteiger partial charge in [0.2, 0.25) is 0 Å². The quantitative estimate of drug-likeness (QED) is 0.755. The minimum atomic E-state index is 0.401. The average Bonchev–Trinajstić information content (AvgIpc) is 2.59. The van der Waals surface area contributed by atoms with Gasteiger partial charge in [0.25, 0.3) is 0 Å². The van der Waals surface area contributed by atoms with Gasteiger partial charge < -0.3 is 0 Å².